The average molecular weight is 279 g/mol. The van der Waals surface area contributed by atoms with Crippen LogP contribution in [0.1, 0.15) is 17.5 Å². The summed E-state index contributed by atoms with van der Waals surface area (Å²) in [7, 11) is 3.23. The number of ether oxygens (including phenoxy) is 4. The lowest BCUT2D eigenvalue weighted by atomic mass is 10.1. The number of hydrogen-bond acceptors (Lipinski definition) is 5. The van der Waals surface area contributed by atoms with Crippen molar-refractivity contribution < 1.29 is 18.9 Å². The van der Waals surface area contributed by atoms with Gasteiger partial charge in [0.15, 0.2) is 0 Å². The van der Waals surface area contributed by atoms with E-state index in [2.05, 4.69) is 6.07 Å². The van der Waals surface area contributed by atoms with Gasteiger partial charge in [-0.25, -0.2) is 0 Å². The largest absolute Gasteiger partial charge is 0.495 e. The maximum Gasteiger partial charge on any atom is 0.136 e. The Morgan fingerprint density at radius 3 is 2.55 bits per heavy atom. The van der Waals surface area contributed by atoms with Crippen LogP contribution in [0.5, 0.6) is 5.75 Å². The fourth-order valence-electron chi connectivity index (χ4n) is 1.63. The smallest absolute Gasteiger partial charge is 0.136 e. The summed E-state index contributed by atoms with van der Waals surface area (Å²) < 4.78 is 21.0. The van der Waals surface area contributed by atoms with E-state index in [1.807, 2.05) is 12.1 Å². The lowest BCUT2D eigenvalue weighted by molar-refractivity contribution is 0.0336. The first-order valence-electron chi connectivity index (χ1n) is 6.53. The van der Waals surface area contributed by atoms with Crippen LogP contribution >= 0.6 is 0 Å². The normalized spacial score (nSPS) is 10.2. The minimum atomic E-state index is 0.476. The Kier molecular flexibility index (Phi) is 8.40. The molecule has 1 rings (SSSR count). The third kappa shape index (κ3) is 6.02. The first-order chi connectivity index (χ1) is 9.81. The van der Waals surface area contributed by atoms with Crippen molar-refractivity contribution in [1.82, 2.24) is 0 Å². The molecule has 1 aromatic carbocycles. The molecule has 0 amide bonds. The molecule has 0 bridgehead atoms. The first-order valence-corrected chi connectivity index (χ1v) is 6.53. The van der Waals surface area contributed by atoms with Crippen molar-refractivity contribution in [3.8, 4) is 11.8 Å². The molecule has 5 heteroatoms. The first kappa shape index (κ1) is 16.4. The van der Waals surface area contributed by atoms with E-state index in [0.717, 1.165) is 12.0 Å². The number of nitriles is 1. The van der Waals surface area contributed by atoms with Gasteiger partial charge in [-0.2, -0.15) is 5.26 Å². The van der Waals surface area contributed by atoms with E-state index in [-0.39, 0.29) is 0 Å². The van der Waals surface area contributed by atoms with Crippen molar-refractivity contribution in [2.75, 3.05) is 40.6 Å². The molecule has 0 aliphatic carbocycles. The summed E-state index contributed by atoms with van der Waals surface area (Å²) in [6.45, 7) is 2.98. The number of methoxy groups -OCH3 is 2. The van der Waals surface area contributed by atoms with Crippen LogP contribution in [0.4, 0.5) is 0 Å². The topological polar surface area (TPSA) is 60.7 Å². The summed E-state index contributed by atoms with van der Waals surface area (Å²) >= 11 is 0. The molecule has 0 radical (unpaired) electrons. The molecule has 0 atom stereocenters. The van der Waals surface area contributed by atoms with E-state index < -0.39 is 0 Å². The molecule has 1 aromatic rings. The number of rotatable bonds is 10. The molecule has 0 spiro atoms. The number of hydrogen-bond donors (Lipinski definition) is 0. The van der Waals surface area contributed by atoms with Crippen LogP contribution in [0.2, 0.25) is 0 Å². The lowest BCUT2D eigenvalue weighted by Crippen LogP contribution is -2.06. The fourth-order valence-corrected chi connectivity index (χ4v) is 1.63. The van der Waals surface area contributed by atoms with Crippen LogP contribution in [0.3, 0.4) is 0 Å². The molecule has 0 fully saturated rings. The van der Waals surface area contributed by atoms with Gasteiger partial charge >= 0.3 is 0 Å². The van der Waals surface area contributed by atoms with Crippen molar-refractivity contribution in [1.29, 1.82) is 5.26 Å². The van der Waals surface area contributed by atoms with E-state index >= 15 is 0 Å². The summed E-state index contributed by atoms with van der Waals surface area (Å²) in [5, 5.41) is 8.89. The standard InChI is InChI=1S/C15H21NO4/c1-17-6-3-7-19-8-9-20-12-13-4-5-14(11-16)15(10-13)18-2/h4-5,10H,3,6-9,12H2,1-2H3. The van der Waals surface area contributed by atoms with Crippen molar-refractivity contribution >= 4 is 0 Å². The van der Waals surface area contributed by atoms with Crippen LogP contribution in [-0.4, -0.2) is 40.6 Å². The van der Waals surface area contributed by atoms with Gasteiger partial charge in [0, 0.05) is 20.3 Å². The predicted octanol–water partition coefficient (Wildman–Crippen LogP) is 2.14. The summed E-state index contributed by atoms with van der Waals surface area (Å²) in [5.74, 6) is 0.574. The monoisotopic (exact) mass is 279 g/mol. The highest BCUT2D eigenvalue weighted by atomic mass is 16.5. The Balaban J connectivity index is 2.21. The molecule has 0 aliphatic rings. The Morgan fingerprint density at radius 2 is 1.85 bits per heavy atom. The molecular formula is C15H21NO4. The fraction of sp³-hybridized carbons (Fsp3) is 0.533. The van der Waals surface area contributed by atoms with Crippen molar-refractivity contribution in [3.63, 3.8) is 0 Å². The minimum Gasteiger partial charge on any atom is -0.495 e. The quantitative estimate of drug-likeness (QED) is 0.614. The number of benzene rings is 1. The summed E-state index contributed by atoms with van der Waals surface area (Å²) in [4.78, 5) is 0. The van der Waals surface area contributed by atoms with Crippen LogP contribution in [0.25, 0.3) is 0 Å². The van der Waals surface area contributed by atoms with Crippen LogP contribution in [0, 0.1) is 11.3 Å². The van der Waals surface area contributed by atoms with Gasteiger partial charge in [0.2, 0.25) is 0 Å². The predicted molar refractivity (Wildman–Crippen MR) is 74.7 cm³/mol. The third-order valence-electron chi connectivity index (χ3n) is 2.66. The van der Waals surface area contributed by atoms with Gasteiger partial charge in [-0.05, 0) is 24.1 Å². The highest BCUT2D eigenvalue weighted by Gasteiger charge is 2.03. The molecule has 0 aliphatic heterocycles. The van der Waals surface area contributed by atoms with E-state index in [1.54, 1.807) is 20.3 Å². The van der Waals surface area contributed by atoms with E-state index in [0.29, 0.717) is 44.3 Å². The van der Waals surface area contributed by atoms with Gasteiger partial charge in [0.1, 0.15) is 11.8 Å². The van der Waals surface area contributed by atoms with Crippen molar-refractivity contribution in [2.45, 2.75) is 13.0 Å². The molecule has 0 aromatic heterocycles. The Hall–Kier alpha value is -1.61. The molecule has 0 heterocycles. The number of nitrogens with zero attached hydrogens (tertiary/aromatic N) is 1. The molecule has 0 N–H and O–H groups in total. The SMILES string of the molecule is COCCCOCCOCc1ccc(C#N)c(OC)c1. The van der Waals surface area contributed by atoms with Gasteiger partial charge in [-0.3, -0.25) is 0 Å². The maximum atomic E-state index is 8.89. The molecular weight excluding hydrogens is 258 g/mol. The zero-order chi connectivity index (χ0) is 14.6. The highest BCUT2D eigenvalue weighted by molar-refractivity contribution is 5.45. The molecule has 110 valence electrons. The van der Waals surface area contributed by atoms with E-state index in [9.17, 15) is 0 Å². The molecule has 5 nitrogen and oxygen atoms in total. The molecule has 0 saturated heterocycles. The molecule has 0 saturated carbocycles. The van der Waals surface area contributed by atoms with Gasteiger partial charge in [0.25, 0.3) is 0 Å². The average Bonchev–Trinajstić information content (AvgIpc) is 2.49. The van der Waals surface area contributed by atoms with Crippen molar-refractivity contribution in [3.05, 3.63) is 29.3 Å². The lowest BCUT2D eigenvalue weighted by Gasteiger charge is -2.08. The van der Waals surface area contributed by atoms with Crippen LogP contribution in [-0.2, 0) is 20.8 Å². The second kappa shape index (κ2) is 10.2. The second-order valence-electron chi connectivity index (χ2n) is 4.16. The van der Waals surface area contributed by atoms with Crippen LogP contribution in [0.15, 0.2) is 18.2 Å². The Morgan fingerprint density at radius 1 is 1.05 bits per heavy atom. The minimum absolute atomic E-state index is 0.476. The Bertz CT molecular complexity index is 428. The summed E-state index contributed by atoms with van der Waals surface area (Å²) in [6.07, 6.45) is 0.892. The summed E-state index contributed by atoms with van der Waals surface area (Å²) in [5.41, 5.74) is 1.50. The third-order valence-corrected chi connectivity index (χ3v) is 2.66. The van der Waals surface area contributed by atoms with E-state index in [4.69, 9.17) is 24.2 Å². The van der Waals surface area contributed by atoms with Crippen molar-refractivity contribution in [2.24, 2.45) is 0 Å². The molecule has 0 unspecified atom stereocenters. The Labute approximate surface area is 120 Å². The zero-order valence-corrected chi connectivity index (χ0v) is 12.1. The maximum absolute atomic E-state index is 8.89. The van der Waals surface area contributed by atoms with Gasteiger partial charge < -0.3 is 18.9 Å². The summed E-state index contributed by atoms with van der Waals surface area (Å²) in [6, 6.07) is 7.49. The van der Waals surface area contributed by atoms with Crippen LogP contribution < -0.4 is 4.74 Å². The molecule has 20 heavy (non-hydrogen) atoms. The highest BCUT2D eigenvalue weighted by Crippen LogP contribution is 2.19. The zero-order valence-electron chi connectivity index (χ0n) is 12.1. The van der Waals surface area contributed by atoms with Gasteiger partial charge in [-0.1, -0.05) is 6.07 Å². The van der Waals surface area contributed by atoms with E-state index in [1.165, 1.54) is 0 Å². The second-order valence-corrected chi connectivity index (χ2v) is 4.16. The van der Waals surface area contributed by atoms with Gasteiger partial charge in [0.05, 0.1) is 32.5 Å². The van der Waals surface area contributed by atoms with Gasteiger partial charge in [-0.15, -0.1) is 0 Å².